The maximum Gasteiger partial charge on any atom is 0.226 e. The molecule has 0 radical (unpaired) electrons. The molecule has 1 saturated carbocycles. The second-order valence-electron chi connectivity index (χ2n) is 6.30. The van der Waals surface area contributed by atoms with Gasteiger partial charge in [-0.2, -0.15) is 0 Å². The van der Waals surface area contributed by atoms with Crippen molar-refractivity contribution < 1.29 is 9.53 Å². The molecule has 1 saturated heterocycles. The first-order chi connectivity index (χ1) is 11.0. The number of carbonyl (C=O) groups excluding carboxylic acids is 1. The molecule has 1 aliphatic carbocycles. The first-order valence-corrected chi connectivity index (χ1v) is 8.80. The number of hydrogen-bond acceptors (Lipinski definition) is 3. The molecule has 2 atom stereocenters. The van der Waals surface area contributed by atoms with Crippen molar-refractivity contribution in [3.63, 3.8) is 0 Å². The Labute approximate surface area is 147 Å². The Morgan fingerprint density at radius 2 is 2.13 bits per heavy atom. The van der Waals surface area contributed by atoms with Gasteiger partial charge in [-0.3, -0.25) is 9.69 Å². The van der Waals surface area contributed by atoms with E-state index in [2.05, 4.69) is 16.3 Å². The van der Waals surface area contributed by atoms with Crippen LogP contribution < -0.4 is 10.1 Å². The van der Waals surface area contributed by atoms with Crippen molar-refractivity contribution in [2.45, 2.75) is 29.6 Å². The fourth-order valence-corrected chi connectivity index (χ4v) is 3.68. The Kier molecular flexibility index (Phi) is 5.04. The molecule has 2 aliphatic rings. The third-order valence-corrected chi connectivity index (χ3v) is 5.51. The first-order valence-electron chi connectivity index (χ1n) is 8.05. The van der Waals surface area contributed by atoms with Crippen molar-refractivity contribution in [3.05, 3.63) is 29.8 Å². The molecule has 1 N–H and O–H groups in total. The standard InChI is InChI=1S/C17H22Cl2N2O2/c1-23-13-6-4-5-12(9-13)15(21-7-2-3-8-21)11-20-16(22)14-10-17(14,18)19/h4-6,9,14-15H,2-3,7-8,10-11H2,1H3,(H,20,22). The van der Waals surface area contributed by atoms with E-state index in [0.717, 1.165) is 24.4 Å². The minimum absolute atomic E-state index is 0.0536. The number of halogens is 2. The Bertz CT molecular complexity index is 573. The molecule has 2 fully saturated rings. The molecule has 0 bridgehead atoms. The Hall–Kier alpha value is -0.970. The Balaban J connectivity index is 1.69. The molecule has 23 heavy (non-hydrogen) atoms. The number of benzene rings is 1. The van der Waals surface area contributed by atoms with Gasteiger partial charge in [0.25, 0.3) is 0 Å². The highest BCUT2D eigenvalue weighted by Crippen LogP contribution is 2.53. The molecule has 1 aromatic rings. The van der Waals surface area contributed by atoms with E-state index in [0.29, 0.717) is 13.0 Å². The van der Waals surface area contributed by atoms with Crippen LogP contribution >= 0.6 is 23.2 Å². The predicted octanol–water partition coefficient (Wildman–Crippen LogP) is 3.14. The maximum absolute atomic E-state index is 12.2. The highest BCUT2D eigenvalue weighted by molar-refractivity contribution is 6.52. The van der Waals surface area contributed by atoms with Crippen molar-refractivity contribution in [2.24, 2.45) is 5.92 Å². The number of nitrogens with zero attached hydrogens (tertiary/aromatic N) is 1. The zero-order valence-electron chi connectivity index (χ0n) is 13.2. The average molecular weight is 357 g/mol. The van der Waals surface area contributed by atoms with Crippen molar-refractivity contribution in [3.8, 4) is 5.75 Å². The summed E-state index contributed by atoms with van der Waals surface area (Å²) in [6.07, 6.45) is 2.93. The summed E-state index contributed by atoms with van der Waals surface area (Å²) in [7, 11) is 1.67. The topological polar surface area (TPSA) is 41.6 Å². The van der Waals surface area contributed by atoms with Crippen LogP contribution in [0.5, 0.6) is 5.75 Å². The molecule has 0 spiro atoms. The fraction of sp³-hybridized carbons (Fsp3) is 0.588. The highest BCUT2D eigenvalue weighted by Gasteiger charge is 2.56. The second-order valence-corrected chi connectivity index (χ2v) is 7.84. The number of carbonyl (C=O) groups is 1. The van der Waals surface area contributed by atoms with Gasteiger partial charge in [0, 0.05) is 6.54 Å². The number of alkyl halides is 2. The Morgan fingerprint density at radius 1 is 1.43 bits per heavy atom. The van der Waals surface area contributed by atoms with Crippen LogP contribution in [0.3, 0.4) is 0 Å². The van der Waals surface area contributed by atoms with Crippen molar-refractivity contribution in [2.75, 3.05) is 26.7 Å². The van der Waals surface area contributed by atoms with E-state index in [1.165, 1.54) is 12.8 Å². The largest absolute Gasteiger partial charge is 0.497 e. The lowest BCUT2D eigenvalue weighted by molar-refractivity contribution is -0.122. The summed E-state index contributed by atoms with van der Waals surface area (Å²) in [5.41, 5.74) is 1.16. The van der Waals surface area contributed by atoms with Crippen LogP contribution in [0, 0.1) is 5.92 Å². The van der Waals surface area contributed by atoms with Crippen LogP contribution in [0.4, 0.5) is 0 Å². The van der Waals surface area contributed by atoms with E-state index in [-0.39, 0.29) is 17.9 Å². The molecule has 1 amide bonds. The molecule has 6 heteroatoms. The van der Waals surface area contributed by atoms with Crippen LogP contribution in [0.15, 0.2) is 24.3 Å². The van der Waals surface area contributed by atoms with Gasteiger partial charge in [-0.25, -0.2) is 0 Å². The molecule has 1 aliphatic heterocycles. The first kappa shape index (κ1) is 16.9. The number of nitrogens with one attached hydrogen (secondary N) is 1. The van der Waals surface area contributed by atoms with Gasteiger partial charge in [0.1, 0.15) is 10.1 Å². The average Bonchev–Trinajstić information content (AvgIpc) is 2.95. The number of methoxy groups -OCH3 is 1. The molecule has 1 aromatic carbocycles. The van der Waals surface area contributed by atoms with Gasteiger partial charge < -0.3 is 10.1 Å². The van der Waals surface area contributed by atoms with E-state index in [9.17, 15) is 4.79 Å². The van der Waals surface area contributed by atoms with Gasteiger partial charge in [0.05, 0.1) is 19.1 Å². The number of likely N-dealkylation sites (tertiary alicyclic amines) is 1. The maximum atomic E-state index is 12.2. The quantitative estimate of drug-likeness (QED) is 0.796. The van der Waals surface area contributed by atoms with Gasteiger partial charge in [0.2, 0.25) is 5.91 Å². The molecular formula is C17H22Cl2N2O2. The van der Waals surface area contributed by atoms with Crippen LogP contribution in [-0.2, 0) is 4.79 Å². The van der Waals surface area contributed by atoms with Gasteiger partial charge >= 0.3 is 0 Å². The van der Waals surface area contributed by atoms with Crippen LogP contribution in [0.1, 0.15) is 30.9 Å². The number of hydrogen-bond donors (Lipinski definition) is 1. The number of ether oxygens (including phenoxy) is 1. The minimum atomic E-state index is -0.872. The molecule has 3 rings (SSSR count). The summed E-state index contributed by atoms with van der Waals surface area (Å²) >= 11 is 12.0. The molecule has 1 heterocycles. The molecule has 126 valence electrons. The third-order valence-electron chi connectivity index (χ3n) is 4.67. The number of rotatable bonds is 6. The summed E-state index contributed by atoms with van der Waals surface area (Å²) in [4.78, 5) is 14.6. The fourth-order valence-electron chi connectivity index (χ4n) is 3.18. The molecule has 2 unspecified atom stereocenters. The van der Waals surface area contributed by atoms with Crippen molar-refractivity contribution in [1.82, 2.24) is 10.2 Å². The van der Waals surface area contributed by atoms with Gasteiger partial charge in [-0.05, 0) is 50.0 Å². The normalized spacial score (nSPS) is 24.2. The van der Waals surface area contributed by atoms with E-state index in [4.69, 9.17) is 27.9 Å². The smallest absolute Gasteiger partial charge is 0.226 e. The summed E-state index contributed by atoms with van der Waals surface area (Å²) in [6.45, 7) is 2.67. The zero-order chi connectivity index (χ0) is 16.4. The molecular weight excluding hydrogens is 335 g/mol. The van der Waals surface area contributed by atoms with E-state index < -0.39 is 4.33 Å². The lowest BCUT2D eigenvalue weighted by Gasteiger charge is -2.28. The molecule has 4 nitrogen and oxygen atoms in total. The van der Waals surface area contributed by atoms with Crippen LogP contribution in [0.25, 0.3) is 0 Å². The Morgan fingerprint density at radius 3 is 2.74 bits per heavy atom. The van der Waals surface area contributed by atoms with Crippen LogP contribution in [0.2, 0.25) is 0 Å². The SMILES string of the molecule is COc1cccc(C(CNC(=O)C2CC2(Cl)Cl)N2CCCC2)c1. The lowest BCUT2D eigenvalue weighted by Crippen LogP contribution is -2.37. The summed E-state index contributed by atoms with van der Waals surface area (Å²) in [6, 6.07) is 8.20. The van der Waals surface area contributed by atoms with E-state index >= 15 is 0 Å². The van der Waals surface area contributed by atoms with E-state index in [1.807, 2.05) is 18.2 Å². The van der Waals surface area contributed by atoms with E-state index in [1.54, 1.807) is 7.11 Å². The summed E-state index contributed by atoms with van der Waals surface area (Å²) < 4.78 is 4.46. The lowest BCUT2D eigenvalue weighted by atomic mass is 10.0. The van der Waals surface area contributed by atoms with Gasteiger partial charge in [0.15, 0.2) is 0 Å². The van der Waals surface area contributed by atoms with Crippen LogP contribution in [-0.4, -0.2) is 41.9 Å². The van der Waals surface area contributed by atoms with Crippen molar-refractivity contribution >= 4 is 29.1 Å². The second kappa shape index (κ2) is 6.88. The zero-order valence-corrected chi connectivity index (χ0v) is 14.7. The van der Waals surface area contributed by atoms with Gasteiger partial charge in [-0.15, -0.1) is 23.2 Å². The summed E-state index contributed by atoms with van der Waals surface area (Å²) in [5, 5.41) is 3.02. The predicted molar refractivity (Wildman–Crippen MR) is 92.1 cm³/mol. The van der Waals surface area contributed by atoms with Crippen molar-refractivity contribution in [1.29, 1.82) is 0 Å². The minimum Gasteiger partial charge on any atom is -0.497 e. The monoisotopic (exact) mass is 356 g/mol. The highest BCUT2D eigenvalue weighted by atomic mass is 35.5. The van der Waals surface area contributed by atoms with Gasteiger partial charge in [-0.1, -0.05) is 12.1 Å². The number of amides is 1. The molecule has 0 aromatic heterocycles. The summed E-state index contributed by atoms with van der Waals surface area (Å²) in [5.74, 6) is 0.498. The third kappa shape index (κ3) is 3.93.